The highest BCUT2D eigenvalue weighted by molar-refractivity contribution is 6.01. The van der Waals surface area contributed by atoms with Crippen molar-refractivity contribution in [1.82, 2.24) is 0 Å². The van der Waals surface area contributed by atoms with E-state index in [4.69, 9.17) is 14.2 Å². The van der Waals surface area contributed by atoms with E-state index in [1.165, 1.54) is 19.1 Å². The maximum absolute atomic E-state index is 17.7. The first kappa shape index (κ1) is 32.2. The van der Waals surface area contributed by atoms with Crippen molar-refractivity contribution in [3.63, 3.8) is 0 Å². The monoisotopic (exact) mass is 629 g/mol. The van der Waals surface area contributed by atoms with Crippen molar-refractivity contribution in [3.05, 3.63) is 23.8 Å². The van der Waals surface area contributed by atoms with Gasteiger partial charge in [-0.2, -0.15) is 5.26 Å². The normalized spacial score (nSPS) is 49.1. The van der Waals surface area contributed by atoms with Crippen LogP contribution in [0, 0.1) is 63.1 Å². The highest BCUT2D eigenvalue weighted by Crippen LogP contribution is 2.72. The Bertz CT molecular complexity index is 1400. The van der Waals surface area contributed by atoms with E-state index in [9.17, 15) is 24.8 Å². The van der Waals surface area contributed by atoms with Crippen molar-refractivity contribution >= 4 is 17.9 Å². The van der Waals surface area contributed by atoms with E-state index in [1.54, 1.807) is 19.9 Å². The topological polar surface area (TPSA) is 123 Å². The summed E-state index contributed by atoms with van der Waals surface area (Å²) in [4.78, 5) is 39.9. The van der Waals surface area contributed by atoms with Crippen LogP contribution in [0.4, 0.5) is 13.6 Å². The van der Waals surface area contributed by atoms with E-state index in [1.807, 2.05) is 6.92 Å². The smallest absolute Gasteiger partial charge is 0.447 e. The number of fused-ring (bicyclic) bond motifs is 8. The molecule has 7 aliphatic carbocycles. The highest BCUT2D eigenvalue weighted by Gasteiger charge is 2.79. The molecular weight excluding hydrogens is 584 g/mol. The van der Waals surface area contributed by atoms with Gasteiger partial charge in [0.2, 0.25) is 5.60 Å². The molecule has 0 radical (unpaired) electrons. The predicted octanol–water partition coefficient (Wildman–Crippen LogP) is 5.97. The first-order chi connectivity index (χ1) is 21.0. The van der Waals surface area contributed by atoms with Crippen molar-refractivity contribution in [2.24, 2.45) is 51.8 Å². The Balaban J connectivity index is 1.36. The number of ether oxygens (including phenoxy) is 3. The molecule has 7 aliphatic rings. The zero-order chi connectivity index (χ0) is 32.9. The molecule has 0 heterocycles. The molecule has 6 fully saturated rings. The summed E-state index contributed by atoms with van der Waals surface area (Å²) in [5.41, 5.74) is -7.22. The average molecular weight is 630 g/mol. The van der Waals surface area contributed by atoms with Gasteiger partial charge in [0.1, 0.15) is 18.3 Å². The summed E-state index contributed by atoms with van der Waals surface area (Å²) in [6.45, 7) is 10.8. The van der Waals surface area contributed by atoms with Gasteiger partial charge in [-0.25, -0.2) is 18.4 Å². The largest absolute Gasteiger partial charge is 0.509 e. The Hall–Kier alpha value is -2.80. The molecule has 8 nitrogen and oxygen atoms in total. The first-order valence-corrected chi connectivity index (χ1v) is 16.4. The zero-order valence-electron chi connectivity index (χ0n) is 27.0. The fraction of sp³-hybridized carbons (Fsp3) is 0.771. The Morgan fingerprint density at radius 1 is 1.07 bits per heavy atom. The molecule has 45 heavy (non-hydrogen) atoms. The summed E-state index contributed by atoms with van der Waals surface area (Å²) in [6.07, 6.45) is 1.09. The lowest BCUT2D eigenvalue weighted by Gasteiger charge is -2.62. The number of carbonyl (C=O) groups is 3. The van der Waals surface area contributed by atoms with E-state index >= 15 is 8.78 Å². The molecule has 0 aromatic heterocycles. The number of allylic oxidation sites excluding steroid dienone is 4. The van der Waals surface area contributed by atoms with Gasteiger partial charge in [-0.05, 0) is 92.3 Å². The number of aliphatic hydroxyl groups excluding tert-OH is 1. The molecule has 246 valence electrons. The van der Waals surface area contributed by atoms with Crippen LogP contribution in [-0.2, 0) is 23.8 Å². The van der Waals surface area contributed by atoms with Crippen LogP contribution in [0.5, 0.6) is 0 Å². The van der Waals surface area contributed by atoms with Gasteiger partial charge in [-0.1, -0.05) is 40.7 Å². The molecule has 7 rings (SSSR count). The van der Waals surface area contributed by atoms with E-state index in [-0.39, 0.29) is 36.2 Å². The summed E-state index contributed by atoms with van der Waals surface area (Å²) in [5.74, 6) is -2.92. The van der Waals surface area contributed by atoms with Gasteiger partial charge in [0.15, 0.2) is 18.1 Å². The molecule has 1 N–H and O–H groups in total. The maximum atomic E-state index is 17.7. The second-order valence-corrected chi connectivity index (χ2v) is 15.9. The van der Waals surface area contributed by atoms with Crippen LogP contribution in [0.3, 0.4) is 0 Å². The molecular formula is C35H45F2NO7. The lowest BCUT2D eigenvalue weighted by Crippen LogP contribution is -2.71. The molecule has 6 saturated carbocycles. The minimum atomic E-state index is -2.36. The third kappa shape index (κ3) is 4.17. The van der Waals surface area contributed by atoms with Crippen LogP contribution >= 0.6 is 0 Å². The van der Waals surface area contributed by atoms with Crippen molar-refractivity contribution in [3.8, 4) is 6.07 Å². The van der Waals surface area contributed by atoms with Crippen LogP contribution in [-0.4, -0.2) is 59.3 Å². The number of nitriles is 1. The number of halogens is 2. The average Bonchev–Trinajstić information content (AvgIpc) is 3.06. The molecule has 0 spiro atoms. The molecule has 0 amide bonds. The van der Waals surface area contributed by atoms with Crippen LogP contribution in [0.1, 0.15) is 80.1 Å². The van der Waals surface area contributed by atoms with Gasteiger partial charge in [0.05, 0.1) is 6.10 Å². The van der Waals surface area contributed by atoms with Crippen LogP contribution in [0.15, 0.2) is 23.8 Å². The summed E-state index contributed by atoms with van der Waals surface area (Å²) < 4.78 is 51.0. The van der Waals surface area contributed by atoms with Crippen LogP contribution < -0.4 is 0 Å². The number of carbonyl (C=O) groups excluding carboxylic acids is 3. The molecule has 0 saturated heterocycles. The quantitative estimate of drug-likeness (QED) is 0.378. The molecule has 13 atom stereocenters. The van der Waals surface area contributed by atoms with E-state index in [2.05, 4.69) is 13.8 Å². The van der Waals surface area contributed by atoms with E-state index in [0.717, 1.165) is 18.9 Å². The summed E-state index contributed by atoms with van der Waals surface area (Å²) in [7, 11) is 0. The molecule has 2 bridgehead atoms. The van der Waals surface area contributed by atoms with Gasteiger partial charge in [-0.3, -0.25) is 4.79 Å². The Kier molecular flexibility index (Phi) is 7.40. The number of esters is 1. The van der Waals surface area contributed by atoms with Crippen molar-refractivity contribution < 1.29 is 42.5 Å². The molecule has 0 aliphatic heterocycles. The molecule has 0 aromatic carbocycles. The molecule has 0 aromatic rings. The minimum Gasteiger partial charge on any atom is -0.447 e. The zero-order valence-corrected chi connectivity index (χ0v) is 27.0. The Labute approximate surface area is 263 Å². The number of hydrogen-bond acceptors (Lipinski definition) is 8. The van der Waals surface area contributed by atoms with Crippen molar-refractivity contribution in [2.45, 2.75) is 110 Å². The molecule has 0 unspecified atom stereocenters. The Morgan fingerprint density at radius 2 is 1.76 bits per heavy atom. The van der Waals surface area contributed by atoms with Crippen LogP contribution in [0.2, 0.25) is 0 Å². The predicted molar refractivity (Wildman–Crippen MR) is 158 cm³/mol. The minimum absolute atomic E-state index is 0.000527. The SMILES string of the molecule is C[C@@H]1C[C@H]2C[C@@H](C[C@H]1OC(=O)O[C@]1(C(=O)OCC#N)[C@H](C)C[C@H]3[C@@H]4C[C@H](F)C5=CC(=O)C=C[C@]5(C)[C@@]4(F)[C@@H](O)C[C@@]31C)C2(C)C. The second-order valence-electron chi connectivity index (χ2n) is 15.9. The van der Waals surface area contributed by atoms with Gasteiger partial charge < -0.3 is 19.3 Å². The highest BCUT2D eigenvalue weighted by atomic mass is 19.1. The lowest BCUT2D eigenvalue weighted by molar-refractivity contribution is -0.234. The third-order valence-electron chi connectivity index (χ3n) is 13.7. The van der Waals surface area contributed by atoms with Crippen LogP contribution in [0.25, 0.3) is 0 Å². The first-order valence-electron chi connectivity index (χ1n) is 16.4. The fourth-order valence-electron chi connectivity index (χ4n) is 10.9. The number of aliphatic hydroxyl groups is 1. The van der Waals surface area contributed by atoms with E-state index < -0.39 is 82.7 Å². The number of hydrogen-bond donors (Lipinski definition) is 1. The lowest BCUT2D eigenvalue weighted by atomic mass is 9.44. The maximum Gasteiger partial charge on any atom is 0.509 e. The van der Waals surface area contributed by atoms with Gasteiger partial charge in [0, 0.05) is 22.7 Å². The summed E-state index contributed by atoms with van der Waals surface area (Å²) in [5, 5.41) is 21.0. The van der Waals surface area contributed by atoms with Crippen molar-refractivity contribution in [1.29, 1.82) is 5.26 Å². The fourth-order valence-corrected chi connectivity index (χ4v) is 10.9. The van der Waals surface area contributed by atoms with Gasteiger partial charge in [-0.15, -0.1) is 0 Å². The third-order valence-corrected chi connectivity index (χ3v) is 13.7. The number of alkyl halides is 2. The summed E-state index contributed by atoms with van der Waals surface area (Å²) >= 11 is 0. The Morgan fingerprint density at radius 3 is 2.42 bits per heavy atom. The standard InChI is InChI=1S/C35H45F2NO7/c1-18-11-20-13-21(31(20,3)4)14-27(18)44-30(42)45-35(29(41)43-10-9-38)19(2)12-23-24-16-26(36)25-15-22(39)7-8-32(25,5)34(24,37)28(40)17-33(23,35)6/h7-8,15,18-21,23-24,26-28,40H,10-14,16-17H2,1-6H3/t18-,19-,20+,21+,23+,24+,26+,27-,28+,32+,33+,34+,35+/m1/s1. The number of rotatable bonds is 4. The van der Waals surface area contributed by atoms with Gasteiger partial charge >= 0.3 is 12.1 Å². The number of nitrogens with zero attached hydrogens (tertiary/aromatic N) is 1. The van der Waals surface area contributed by atoms with Gasteiger partial charge in [0.25, 0.3) is 0 Å². The van der Waals surface area contributed by atoms with E-state index in [0.29, 0.717) is 18.3 Å². The molecule has 10 heteroatoms. The number of ketones is 1. The second kappa shape index (κ2) is 10.4. The van der Waals surface area contributed by atoms with Crippen molar-refractivity contribution in [2.75, 3.05) is 6.61 Å². The summed E-state index contributed by atoms with van der Waals surface area (Å²) in [6, 6.07) is 1.78.